The van der Waals surface area contributed by atoms with Crippen molar-refractivity contribution in [3.8, 4) is 0 Å². The topological polar surface area (TPSA) is 113 Å². The van der Waals surface area contributed by atoms with Gasteiger partial charge in [0.25, 0.3) is 0 Å². The molecule has 0 aliphatic heterocycles. The fraction of sp³-hybridized carbons (Fsp3) is 0.778. The minimum absolute atomic E-state index is 0.471. The molecule has 0 aliphatic rings. The van der Waals surface area contributed by atoms with Gasteiger partial charge < -0.3 is 10.4 Å². The summed E-state index contributed by atoms with van der Waals surface area (Å²) in [4.78, 5) is 21.8. The first kappa shape index (κ1) is 15.9. The molecular formula is C9H18N2O5S. The van der Waals surface area contributed by atoms with Crippen LogP contribution in [0.4, 0.5) is 0 Å². The molecule has 0 aromatic rings. The van der Waals surface area contributed by atoms with Crippen LogP contribution in [0.5, 0.6) is 0 Å². The standard InChI is InChI=1S/C9H18N2O5S/c1-6(8(13)14)17(15,16)10-5-7(12)11-9(2,3)4/h6,10H,5H2,1-4H3,(H,11,12)(H,13,14). The zero-order chi connectivity index (χ0) is 13.9. The fourth-order valence-electron chi connectivity index (χ4n) is 0.886. The Morgan fingerprint density at radius 2 is 1.76 bits per heavy atom. The molecule has 1 atom stereocenters. The summed E-state index contributed by atoms with van der Waals surface area (Å²) in [5.74, 6) is -1.98. The maximum Gasteiger partial charge on any atom is 0.323 e. The van der Waals surface area contributed by atoms with Gasteiger partial charge in [0, 0.05) is 5.54 Å². The van der Waals surface area contributed by atoms with Gasteiger partial charge in [0.1, 0.15) is 0 Å². The third kappa shape index (κ3) is 6.22. The molecule has 3 N–H and O–H groups in total. The maximum atomic E-state index is 11.4. The van der Waals surface area contributed by atoms with Gasteiger partial charge in [-0.1, -0.05) is 0 Å². The van der Waals surface area contributed by atoms with Gasteiger partial charge in [0.05, 0.1) is 6.54 Å². The van der Waals surface area contributed by atoms with E-state index >= 15 is 0 Å². The fourth-order valence-corrected chi connectivity index (χ4v) is 1.73. The van der Waals surface area contributed by atoms with Crippen LogP contribution < -0.4 is 10.0 Å². The molecule has 1 amide bonds. The van der Waals surface area contributed by atoms with E-state index in [9.17, 15) is 18.0 Å². The summed E-state index contributed by atoms with van der Waals surface area (Å²) in [7, 11) is -4.02. The lowest BCUT2D eigenvalue weighted by atomic mass is 10.1. The van der Waals surface area contributed by atoms with E-state index < -0.39 is 39.2 Å². The normalized spacial score (nSPS) is 14.1. The number of hydrogen-bond acceptors (Lipinski definition) is 4. The first-order valence-electron chi connectivity index (χ1n) is 4.98. The lowest BCUT2D eigenvalue weighted by Crippen LogP contribution is -2.47. The summed E-state index contributed by atoms with van der Waals surface area (Å²) in [6.07, 6.45) is 0. The smallest absolute Gasteiger partial charge is 0.323 e. The molecule has 0 radical (unpaired) electrons. The molecule has 0 heterocycles. The van der Waals surface area contributed by atoms with E-state index in [0.29, 0.717) is 0 Å². The second-order valence-corrected chi connectivity index (χ2v) is 6.73. The molecule has 0 rings (SSSR count). The van der Waals surface area contributed by atoms with Gasteiger partial charge in [-0.05, 0) is 27.7 Å². The third-order valence-corrected chi connectivity index (χ3v) is 3.44. The van der Waals surface area contributed by atoms with E-state index in [1.807, 2.05) is 4.72 Å². The van der Waals surface area contributed by atoms with Crippen LogP contribution in [0, 0.1) is 0 Å². The van der Waals surface area contributed by atoms with Gasteiger partial charge in [0.15, 0.2) is 5.25 Å². The van der Waals surface area contributed by atoms with Crippen molar-refractivity contribution < 1.29 is 23.1 Å². The molecule has 0 aromatic carbocycles. The Hall–Kier alpha value is -1.15. The molecule has 0 aliphatic carbocycles. The third-order valence-electron chi connectivity index (χ3n) is 1.76. The zero-order valence-corrected chi connectivity index (χ0v) is 11.1. The minimum Gasteiger partial charge on any atom is -0.480 e. The summed E-state index contributed by atoms with van der Waals surface area (Å²) in [6.45, 7) is 5.81. The largest absolute Gasteiger partial charge is 0.480 e. The van der Waals surface area contributed by atoms with Gasteiger partial charge in [-0.25, -0.2) is 13.1 Å². The minimum atomic E-state index is -4.02. The molecule has 8 heteroatoms. The molecule has 7 nitrogen and oxygen atoms in total. The number of carboxylic acid groups (broad SMARTS) is 1. The van der Waals surface area contributed by atoms with Gasteiger partial charge in [-0.3, -0.25) is 9.59 Å². The van der Waals surface area contributed by atoms with E-state index in [0.717, 1.165) is 6.92 Å². The van der Waals surface area contributed by atoms with Crippen molar-refractivity contribution in [1.82, 2.24) is 10.0 Å². The molecule has 0 saturated carbocycles. The quantitative estimate of drug-likeness (QED) is 0.608. The van der Waals surface area contributed by atoms with Crippen LogP contribution >= 0.6 is 0 Å². The number of sulfonamides is 1. The van der Waals surface area contributed by atoms with Crippen molar-refractivity contribution in [2.45, 2.75) is 38.5 Å². The molecule has 17 heavy (non-hydrogen) atoms. The molecule has 0 bridgehead atoms. The number of aliphatic carboxylic acids is 1. The number of carbonyl (C=O) groups is 2. The Labute approximate surface area is 101 Å². The number of nitrogens with one attached hydrogen (secondary N) is 2. The van der Waals surface area contributed by atoms with Crippen molar-refractivity contribution in [2.75, 3.05) is 6.54 Å². The number of hydrogen-bond donors (Lipinski definition) is 3. The van der Waals surface area contributed by atoms with Crippen molar-refractivity contribution in [1.29, 1.82) is 0 Å². The number of carboxylic acids is 1. The van der Waals surface area contributed by atoms with E-state index in [1.165, 1.54) is 0 Å². The van der Waals surface area contributed by atoms with Crippen LogP contribution in [-0.4, -0.2) is 42.7 Å². The highest BCUT2D eigenvalue weighted by Crippen LogP contribution is 1.99. The molecule has 0 saturated heterocycles. The summed E-state index contributed by atoms with van der Waals surface area (Å²) in [5, 5.41) is 9.50. The Morgan fingerprint density at radius 1 is 1.29 bits per heavy atom. The van der Waals surface area contributed by atoms with Crippen LogP contribution in [0.25, 0.3) is 0 Å². The number of rotatable bonds is 5. The van der Waals surface area contributed by atoms with Crippen molar-refractivity contribution in [3.63, 3.8) is 0 Å². The van der Waals surface area contributed by atoms with Gasteiger partial charge in [-0.2, -0.15) is 0 Å². The summed E-state index contributed by atoms with van der Waals surface area (Å²) in [5.41, 5.74) is -0.471. The predicted octanol–water partition coefficient (Wildman–Crippen LogP) is -0.706. The van der Waals surface area contributed by atoms with Gasteiger partial charge >= 0.3 is 5.97 Å². The maximum absolute atomic E-state index is 11.4. The predicted molar refractivity (Wildman–Crippen MR) is 61.9 cm³/mol. The lowest BCUT2D eigenvalue weighted by Gasteiger charge is -2.20. The van der Waals surface area contributed by atoms with E-state index in [-0.39, 0.29) is 0 Å². The second-order valence-electron chi connectivity index (χ2n) is 4.64. The highest BCUT2D eigenvalue weighted by Gasteiger charge is 2.28. The molecule has 0 fully saturated rings. The number of carbonyl (C=O) groups excluding carboxylic acids is 1. The molecule has 100 valence electrons. The average molecular weight is 266 g/mol. The first-order chi connectivity index (χ1) is 7.46. The van der Waals surface area contributed by atoms with Crippen LogP contribution in [0.3, 0.4) is 0 Å². The Bertz CT molecular complexity index is 396. The molecule has 1 unspecified atom stereocenters. The molecular weight excluding hydrogens is 248 g/mol. The zero-order valence-electron chi connectivity index (χ0n) is 10.3. The first-order valence-corrected chi connectivity index (χ1v) is 6.52. The highest BCUT2D eigenvalue weighted by atomic mass is 32.2. The van der Waals surface area contributed by atoms with Crippen molar-refractivity contribution in [3.05, 3.63) is 0 Å². The van der Waals surface area contributed by atoms with Gasteiger partial charge in [-0.15, -0.1) is 0 Å². The van der Waals surface area contributed by atoms with E-state index in [1.54, 1.807) is 20.8 Å². The van der Waals surface area contributed by atoms with Gasteiger partial charge in [0.2, 0.25) is 15.9 Å². The second kappa shape index (κ2) is 5.46. The SMILES string of the molecule is CC(C(=O)O)S(=O)(=O)NCC(=O)NC(C)(C)C. The van der Waals surface area contributed by atoms with E-state index in [2.05, 4.69) is 5.32 Å². The Balaban J connectivity index is 4.39. The average Bonchev–Trinajstić information content (AvgIpc) is 2.11. The van der Waals surface area contributed by atoms with Crippen LogP contribution in [-0.2, 0) is 19.6 Å². The van der Waals surface area contributed by atoms with Crippen LogP contribution in [0.1, 0.15) is 27.7 Å². The molecule has 0 spiro atoms. The van der Waals surface area contributed by atoms with Crippen molar-refractivity contribution >= 4 is 21.9 Å². The van der Waals surface area contributed by atoms with Crippen molar-refractivity contribution in [2.24, 2.45) is 0 Å². The van der Waals surface area contributed by atoms with Crippen LogP contribution in [0.15, 0.2) is 0 Å². The monoisotopic (exact) mass is 266 g/mol. The highest BCUT2D eigenvalue weighted by molar-refractivity contribution is 7.90. The van der Waals surface area contributed by atoms with E-state index in [4.69, 9.17) is 5.11 Å². The Kier molecular flexibility index (Phi) is 5.09. The number of amides is 1. The van der Waals surface area contributed by atoms with Crippen LogP contribution in [0.2, 0.25) is 0 Å². The summed E-state index contributed by atoms with van der Waals surface area (Å²) >= 11 is 0. The summed E-state index contributed by atoms with van der Waals surface area (Å²) < 4.78 is 24.7. The summed E-state index contributed by atoms with van der Waals surface area (Å²) in [6, 6.07) is 0. The lowest BCUT2D eigenvalue weighted by molar-refractivity contribution is -0.136. The molecule has 0 aromatic heterocycles. The Morgan fingerprint density at radius 3 is 2.12 bits per heavy atom.